The number of nitrogens with one attached hydrogen (secondary N) is 1. The van der Waals surface area contributed by atoms with Gasteiger partial charge in [0.15, 0.2) is 0 Å². The summed E-state index contributed by atoms with van der Waals surface area (Å²) in [6, 6.07) is 0.118. The third-order valence-corrected chi connectivity index (χ3v) is 2.90. The minimum Gasteiger partial charge on any atom is -0.465 e. The van der Waals surface area contributed by atoms with Crippen molar-refractivity contribution in [3.8, 4) is 0 Å². The predicted molar refractivity (Wildman–Crippen MR) is 67.4 cm³/mol. The number of hydrogen-bond acceptors (Lipinski definition) is 3. The van der Waals surface area contributed by atoms with E-state index in [0.717, 1.165) is 12.8 Å². The van der Waals surface area contributed by atoms with Crippen LogP contribution in [-0.4, -0.2) is 24.7 Å². The van der Waals surface area contributed by atoms with Crippen molar-refractivity contribution in [2.24, 2.45) is 5.41 Å². The summed E-state index contributed by atoms with van der Waals surface area (Å²) in [6.07, 6.45) is 1.81. The topological polar surface area (TPSA) is 38.3 Å². The Morgan fingerprint density at radius 1 is 1.31 bits per heavy atom. The van der Waals surface area contributed by atoms with Gasteiger partial charge in [0.05, 0.1) is 6.61 Å². The molecule has 0 rings (SSSR count). The molecule has 3 heteroatoms. The molecule has 0 radical (unpaired) electrons. The average molecular weight is 229 g/mol. The molecule has 0 aliphatic rings. The van der Waals surface area contributed by atoms with Gasteiger partial charge in [-0.25, -0.2) is 0 Å². The van der Waals surface area contributed by atoms with E-state index in [1.54, 1.807) is 0 Å². The summed E-state index contributed by atoms with van der Waals surface area (Å²) in [7, 11) is 0. The SMILES string of the molecule is CCCC(NC(C)C(C)(C)C)C(=O)OCC. The molecule has 0 aromatic rings. The minimum absolute atomic E-state index is 0.125. The Labute approximate surface area is 99.9 Å². The largest absolute Gasteiger partial charge is 0.465 e. The molecule has 1 N–H and O–H groups in total. The maximum atomic E-state index is 11.7. The Kier molecular flexibility index (Phi) is 6.65. The van der Waals surface area contributed by atoms with Crippen LogP contribution < -0.4 is 5.32 Å². The van der Waals surface area contributed by atoms with Crippen LogP contribution >= 0.6 is 0 Å². The van der Waals surface area contributed by atoms with Crippen LogP contribution in [0.3, 0.4) is 0 Å². The molecule has 16 heavy (non-hydrogen) atoms. The molecule has 0 heterocycles. The van der Waals surface area contributed by atoms with Gasteiger partial charge in [-0.15, -0.1) is 0 Å². The fourth-order valence-electron chi connectivity index (χ4n) is 1.35. The van der Waals surface area contributed by atoms with Crippen LogP contribution in [-0.2, 0) is 9.53 Å². The monoisotopic (exact) mass is 229 g/mol. The molecule has 0 aliphatic carbocycles. The van der Waals surface area contributed by atoms with Gasteiger partial charge in [-0.1, -0.05) is 34.1 Å². The second-order valence-corrected chi connectivity index (χ2v) is 5.35. The average Bonchev–Trinajstić information content (AvgIpc) is 2.15. The second kappa shape index (κ2) is 6.89. The molecule has 0 aliphatic heterocycles. The molecule has 3 nitrogen and oxygen atoms in total. The Morgan fingerprint density at radius 3 is 2.25 bits per heavy atom. The first-order valence-electron chi connectivity index (χ1n) is 6.25. The van der Waals surface area contributed by atoms with E-state index in [1.165, 1.54) is 0 Å². The van der Waals surface area contributed by atoms with Crippen molar-refractivity contribution in [1.82, 2.24) is 5.32 Å². The lowest BCUT2D eigenvalue weighted by molar-refractivity contribution is -0.146. The lowest BCUT2D eigenvalue weighted by atomic mass is 9.87. The third-order valence-electron chi connectivity index (χ3n) is 2.90. The van der Waals surface area contributed by atoms with E-state index in [0.29, 0.717) is 6.61 Å². The summed E-state index contributed by atoms with van der Waals surface area (Å²) in [4.78, 5) is 11.7. The predicted octanol–water partition coefficient (Wildman–Crippen LogP) is 2.74. The molecule has 0 bridgehead atoms. The summed E-state index contributed by atoms with van der Waals surface area (Å²) >= 11 is 0. The van der Waals surface area contributed by atoms with Crippen LogP contribution in [0.25, 0.3) is 0 Å². The van der Waals surface area contributed by atoms with Crippen molar-refractivity contribution < 1.29 is 9.53 Å². The molecule has 0 amide bonds. The van der Waals surface area contributed by atoms with Gasteiger partial charge in [-0.2, -0.15) is 0 Å². The third kappa shape index (κ3) is 5.50. The molecule has 0 fully saturated rings. The van der Waals surface area contributed by atoms with Crippen molar-refractivity contribution in [1.29, 1.82) is 0 Å². The van der Waals surface area contributed by atoms with E-state index in [1.807, 2.05) is 6.92 Å². The van der Waals surface area contributed by atoms with Gasteiger partial charge in [0, 0.05) is 6.04 Å². The molecule has 2 atom stereocenters. The number of rotatable bonds is 6. The highest BCUT2D eigenvalue weighted by Crippen LogP contribution is 2.19. The van der Waals surface area contributed by atoms with Crippen molar-refractivity contribution in [3.05, 3.63) is 0 Å². The van der Waals surface area contributed by atoms with E-state index in [-0.39, 0.29) is 23.5 Å². The number of hydrogen-bond donors (Lipinski definition) is 1. The summed E-state index contributed by atoms with van der Waals surface area (Å²) in [5, 5.41) is 3.37. The Hall–Kier alpha value is -0.570. The summed E-state index contributed by atoms with van der Waals surface area (Å²) in [5.74, 6) is -0.125. The zero-order chi connectivity index (χ0) is 12.8. The van der Waals surface area contributed by atoms with Crippen LogP contribution in [0.4, 0.5) is 0 Å². The smallest absolute Gasteiger partial charge is 0.323 e. The summed E-state index contributed by atoms with van der Waals surface area (Å²) < 4.78 is 5.07. The van der Waals surface area contributed by atoms with Gasteiger partial charge in [-0.05, 0) is 25.7 Å². The van der Waals surface area contributed by atoms with Crippen LogP contribution in [0.5, 0.6) is 0 Å². The van der Waals surface area contributed by atoms with Crippen molar-refractivity contribution in [2.45, 2.75) is 66.5 Å². The zero-order valence-corrected chi connectivity index (χ0v) is 11.6. The molecular formula is C13H27NO2. The van der Waals surface area contributed by atoms with E-state index in [9.17, 15) is 4.79 Å². The van der Waals surface area contributed by atoms with Gasteiger partial charge in [0.25, 0.3) is 0 Å². The highest BCUT2D eigenvalue weighted by Gasteiger charge is 2.26. The van der Waals surface area contributed by atoms with E-state index in [2.05, 4.69) is 39.9 Å². The Bertz CT molecular complexity index is 208. The second-order valence-electron chi connectivity index (χ2n) is 5.35. The molecule has 0 saturated heterocycles. The summed E-state index contributed by atoms with van der Waals surface area (Å²) in [5.41, 5.74) is 0.151. The molecule has 0 spiro atoms. The van der Waals surface area contributed by atoms with Gasteiger partial charge >= 0.3 is 5.97 Å². The maximum Gasteiger partial charge on any atom is 0.323 e. The molecule has 96 valence electrons. The number of esters is 1. The van der Waals surface area contributed by atoms with Crippen LogP contribution in [0.2, 0.25) is 0 Å². The minimum atomic E-state index is -0.167. The molecule has 0 aromatic heterocycles. The highest BCUT2D eigenvalue weighted by atomic mass is 16.5. The van der Waals surface area contributed by atoms with E-state index in [4.69, 9.17) is 4.74 Å². The lowest BCUT2D eigenvalue weighted by Gasteiger charge is -2.31. The quantitative estimate of drug-likeness (QED) is 0.712. The number of carbonyl (C=O) groups is 1. The van der Waals surface area contributed by atoms with Gasteiger partial charge in [-0.3, -0.25) is 4.79 Å². The number of carbonyl (C=O) groups excluding carboxylic acids is 1. The van der Waals surface area contributed by atoms with Crippen LogP contribution in [0.1, 0.15) is 54.4 Å². The molecule has 2 unspecified atom stereocenters. The number of ether oxygens (including phenoxy) is 1. The van der Waals surface area contributed by atoms with Crippen molar-refractivity contribution in [3.63, 3.8) is 0 Å². The first-order chi connectivity index (χ1) is 7.32. The van der Waals surface area contributed by atoms with Crippen LogP contribution in [0, 0.1) is 5.41 Å². The standard InChI is InChI=1S/C13H27NO2/c1-7-9-11(12(15)16-8-2)14-10(3)13(4,5)6/h10-11,14H,7-9H2,1-6H3. The fourth-order valence-corrected chi connectivity index (χ4v) is 1.35. The lowest BCUT2D eigenvalue weighted by Crippen LogP contribution is -2.48. The molecule has 0 saturated carbocycles. The fraction of sp³-hybridized carbons (Fsp3) is 0.923. The molecule has 0 aromatic carbocycles. The highest BCUT2D eigenvalue weighted by molar-refractivity contribution is 5.75. The first-order valence-corrected chi connectivity index (χ1v) is 6.25. The van der Waals surface area contributed by atoms with Gasteiger partial charge < -0.3 is 10.1 Å². The normalized spacial score (nSPS) is 15.6. The van der Waals surface area contributed by atoms with Gasteiger partial charge in [0.1, 0.15) is 6.04 Å². The maximum absolute atomic E-state index is 11.7. The Balaban J connectivity index is 4.38. The molecular weight excluding hydrogens is 202 g/mol. The first kappa shape index (κ1) is 15.4. The zero-order valence-electron chi connectivity index (χ0n) is 11.6. The van der Waals surface area contributed by atoms with Crippen LogP contribution in [0.15, 0.2) is 0 Å². The van der Waals surface area contributed by atoms with E-state index >= 15 is 0 Å². The summed E-state index contributed by atoms with van der Waals surface area (Å²) in [6.45, 7) is 13.0. The van der Waals surface area contributed by atoms with Gasteiger partial charge in [0.2, 0.25) is 0 Å². The van der Waals surface area contributed by atoms with Crippen molar-refractivity contribution >= 4 is 5.97 Å². The van der Waals surface area contributed by atoms with E-state index < -0.39 is 0 Å². The Morgan fingerprint density at radius 2 is 1.88 bits per heavy atom. The van der Waals surface area contributed by atoms with Crippen molar-refractivity contribution in [2.75, 3.05) is 6.61 Å².